The lowest BCUT2D eigenvalue weighted by Crippen LogP contribution is -2.32. The Labute approximate surface area is 110 Å². The third-order valence-electron chi connectivity index (χ3n) is 2.17. The maximum Gasteiger partial charge on any atom is 0.391 e. The second-order valence-corrected chi connectivity index (χ2v) is 4.42. The van der Waals surface area contributed by atoms with E-state index < -0.39 is 17.3 Å². The minimum atomic E-state index is -1.02. The summed E-state index contributed by atoms with van der Waals surface area (Å²) in [5, 5.41) is 16.7. The Balaban J connectivity index is 3.95. The highest BCUT2D eigenvalue weighted by Gasteiger charge is 2.13. The number of nitrogens with one attached hydrogen (secondary N) is 1. The highest BCUT2D eigenvalue weighted by atomic mass is 32.2. The van der Waals surface area contributed by atoms with Gasteiger partial charge in [-0.05, 0) is 44.2 Å². The van der Waals surface area contributed by atoms with Crippen LogP contribution in [0.15, 0.2) is 0 Å². The number of unbranched alkanes of at least 4 members (excludes halogenated alkanes) is 1. The van der Waals surface area contributed by atoms with Crippen molar-refractivity contribution in [2.75, 3.05) is 12.8 Å². The van der Waals surface area contributed by atoms with E-state index in [4.69, 9.17) is 21.1 Å². The number of nitrogens with two attached hydrogens (primary N) is 1. The molecule has 0 aliphatic heterocycles. The van der Waals surface area contributed by atoms with E-state index in [9.17, 15) is 9.59 Å². The zero-order chi connectivity index (χ0) is 14.1. The number of carbonyl (C=O) groups is 2. The molecular weight excluding hydrogens is 258 g/mol. The summed E-state index contributed by atoms with van der Waals surface area (Å²) in [4.78, 5) is 26.4. The molecule has 0 amide bonds. The van der Waals surface area contributed by atoms with Crippen LogP contribution in [0.4, 0.5) is 4.79 Å². The Kier molecular flexibility index (Phi) is 8.14. The average Bonchev–Trinajstić information content (AvgIpc) is 2.31. The second kappa shape index (κ2) is 8.76. The van der Waals surface area contributed by atoms with Crippen molar-refractivity contribution in [3.05, 3.63) is 0 Å². The minimum absolute atomic E-state index is 0.125. The number of hydroxylamine groups is 2. The van der Waals surface area contributed by atoms with Gasteiger partial charge in [0, 0.05) is 0 Å². The van der Waals surface area contributed by atoms with E-state index in [1.807, 2.05) is 0 Å². The summed E-state index contributed by atoms with van der Waals surface area (Å²) in [7, 11) is 0. The highest BCUT2D eigenvalue weighted by molar-refractivity contribution is 8.12. The number of nitrogens with zero attached hydrogens (tertiary/aromatic N) is 1. The van der Waals surface area contributed by atoms with Crippen molar-refractivity contribution in [3.8, 4) is 0 Å². The monoisotopic (exact) mass is 277 g/mol. The lowest BCUT2D eigenvalue weighted by Gasteiger charge is -2.20. The van der Waals surface area contributed by atoms with Gasteiger partial charge in [-0.2, -0.15) is 5.06 Å². The van der Waals surface area contributed by atoms with Crippen LogP contribution in [0.3, 0.4) is 0 Å². The molecule has 0 fully saturated rings. The minimum Gasteiger partial charge on any atom is -0.480 e. The number of hydrogen-bond acceptors (Lipinski definition) is 6. The highest BCUT2D eigenvalue weighted by Crippen LogP contribution is 2.07. The third-order valence-corrected chi connectivity index (χ3v) is 2.58. The Morgan fingerprint density at radius 1 is 1.50 bits per heavy atom. The van der Waals surface area contributed by atoms with E-state index >= 15 is 0 Å². The molecule has 1 atom stereocenters. The number of amidine groups is 1. The van der Waals surface area contributed by atoms with E-state index in [2.05, 4.69) is 0 Å². The molecule has 7 nitrogen and oxygen atoms in total. The first-order valence-electron chi connectivity index (χ1n) is 5.45. The first kappa shape index (κ1) is 16.7. The SMILES string of the molecule is CSC(=O)ON(CCCCC(N)C(=O)O)C(C)=N. The molecule has 0 rings (SSSR count). The van der Waals surface area contributed by atoms with Crippen molar-refractivity contribution in [2.24, 2.45) is 5.73 Å². The molecule has 0 aromatic heterocycles. The molecule has 1 unspecified atom stereocenters. The van der Waals surface area contributed by atoms with Gasteiger partial charge in [-0.15, -0.1) is 0 Å². The lowest BCUT2D eigenvalue weighted by molar-refractivity contribution is -0.138. The predicted molar refractivity (Wildman–Crippen MR) is 69.6 cm³/mol. The van der Waals surface area contributed by atoms with Crippen molar-refractivity contribution in [3.63, 3.8) is 0 Å². The largest absolute Gasteiger partial charge is 0.480 e. The van der Waals surface area contributed by atoms with Crippen molar-refractivity contribution in [2.45, 2.75) is 32.2 Å². The number of carbonyl (C=O) groups excluding carboxylic acids is 1. The molecule has 4 N–H and O–H groups in total. The molecule has 0 radical (unpaired) electrons. The first-order valence-corrected chi connectivity index (χ1v) is 6.68. The van der Waals surface area contributed by atoms with Gasteiger partial charge in [0.1, 0.15) is 11.9 Å². The molecule has 0 aromatic carbocycles. The lowest BCUT2D eigenvalue weighted by atomic mass is 10.1. The fourth-order valence-electron chi connectivity index (χ4n) is 1.15. The van der Waals surface area contributed by atoms with Crippen LogP contribution >= 0.6 is 11.8 Å². The van der Waals surface area contributed by atoms with Gasteiger partial charge < -0.3 is 15.7 Å². The van der Waals surface area contributed by atoms with E-state index in [0.717, 1.165) is 11.8 Å². The molecule has 0 aliphatic carbocycles. The molecule has 0 aliphatic rings. The molecular formula is C10H19N3O4S. The normalized spacial score (nSPS) is 11.7. The van der Waals surface area contributed by atoms with Crippen LogP contribution in [0.1, 0.15) is 26.2 Å². The standard InChI is InChI=1S/C10H19N3O4S/c1-7(11)13(17-10(16)18-2)6-4-3-5-8(12)9(14)15/h8,11H,3-6,12H2,1-2H3,(H,14,15). The van der Waals surface area contributed by atoms with Crippen molar-refractivity contribution < 1.29 is 19.5 Å². The number of carboxylic acid groups (broad SMARTS) is 1. The first-order chi connectivity index (χ1) is 8.38. The fourth-order valence-corrected chi connectivity index (χ4v) is 1.32. The zero-order valence-corrected chi connectivity index (χ0v) is 11.3. The van der Waals surface area contributed by atoms with E-state index in [1.165, 1.54) is 12.0 Å². The van der Waals surface area contributed by atoms with Crippen molar-refractivity contribution in [1.29, 1.82) is 5.41 Å². The Hall–Kier alpha value is -1.28. The summed E-state index contributed by atoms with van der Waals surface area (Å²) < 4.78 is 0. The van der Waals surface area contributed by atoms with E-state index in [1.54, 1.807) is 6.26 Å². The quantitative estimate of drug-likeness (QED) is 0.290. The summed E-state index contributed by atoms with van der Waals surface area (Å²) in [6.07, 6.45) is 3.13. The van der Waals surface area contributed by atoms with Gasteiger partial charge in [0.25, 0.3) is 0 Å². The molecule has 8 heteroatoms. The average molecular weight is 277 g/mol. The van der Waals surface area contributed by atoms with E-state index in [-0.39, 0.29) is 5.84 Å². The molecule has 0 saturated heterocycles. The van der Waals surface area contributed by atoms with Crippen LogP contribution in [0, 0.1) is 5.41 Å². The number of hydrogen-bond donors (Lipinski definition) is 3. The smallest absolute Gasteiger partial charge is 0.391 e. The molecule has 0 heterocycles. The third kappa shape index (κ3) is 7.13. The Morgan fingerprint density at radius 3 is 2.56 bits per heavy atom. The molecule has 0 saturated carbocycles. The van der Waals surface area contributed by atoms with Gasteiger partial charge in [0.2, 0.25) is 0 Å². The van der Waals surface area contributed by atoms with E-state index in [0.29, 0.717) is 25.8 Å². The van der Waals surface area contributed by atoms with Crippen LogP contribution in [-0.4, -0.2) is 46.1 Å². The second-order valence-electron chi connectivity index (χ2n) is 3.67. The Morgan fingerprint density at radius 2 is 2.11 bits per heavy atom. The molecule has 0 aromatic rings. The summed E-state index contributed by atoms with van der Waals surface area (Å²) in [6.45, 7) is 1.87. The maximum atomic E-state index is 11.1. The summed E-state index contributed by atoms with van der Waals surface area (Å²) in [5.41, 5.74) is 5.35. The fraction of sp³-hybridized carbons (Fsp3) is 0.700. The molecule has 0 spiro atoms. The van der Waals surface area contributed by atoms with Crippen LogP contribution in [0.5, 0.6) is 0 Å². The number of aliphatic carboxylic acids is 1. The number of thioether (sulfide) groups is 1. The molecule has 104 valence electrons. The zero-order valence-electron chi connectivity index (χ0n) is 10.5. The Bertz CT molecular complexity index is 311. The van der Waals surface area contributed by atoms with Gasteiger partial charge in [-0.1, -0.05) is 0 Å². The van der Waals surface area contributed by atoms with Crippen LogP contribution in [-0.2, 0) is 9.63 Å². The number of rotatable bonds is 6. The van der Waals surface area contributed by atoms with Gasteiger partial charge in [0.15, 0.2) is 0 Å². The summed E-state index contributed by atoms with van der Waals surface area (Å²) in [5.74, 6) is -0.899. The van der Waals surface area contributed by atoms with Crippen molar-refractivity contribution >= 4 is 28.9 Å². The maximum absolute atomic E-state index is 11.1. The van der Waals surface area contributed by atoms with Crippen LogP contribution < -0.4 is 5.73 Å². The molecule has 0 bridgehead atoms. The van der Waals surface area contributed by atoms with Crippen molar-refractivity contribution in [1.82, 2.24) is 5.06 Å². The van der Waals surface area contributed by atoms with Gasteiger partial charge in [-0.25, -0.2) is 4.79 Å². The topological polar surface area (TPSA) is 117 Å². The van der Waals surface area contributed by atoms with Gasteiger partial charge in [-0.3, -0.25) is 10.2 Å². The molecule has 18 heavy (non-hydrogen) atoms. The van der Waals surface area contributed by atoms with Crippen LogP contribution in [0.25, 0.3) is 0 Å². The summed E-state index contributed by atoms with van der Waals surface area (Å²) in [6, 6.07) is -0.867. The van der Waals surface area contributed by atoms with Gasteiger partial charge in [0.05, 0.1) is 6.54 Å². The number of carboxylic acids is 1. The van der Waals surface area contributed by atoms with Gasteiger partial charge >= 0.3 is 11.3 Å². The van der Waals surface area contributed by atoms with Crippen LogP contribution in [0.2, 0.25) is 0 Å². The predicted octanol–water partition coefficient (Wildman–Crippen LogP) is 1.28. The summed E-state index contributed by atoms with van der Waals surface area (Å²) >= 11 is 0.921.